The fourth-order valence-corrected chi connectivity index (χ4v) is 7.59. The average molecular weight is 690 g/mol. The predicted octanol–water partition coefficient (Wildman–Crippen LogP) is 7.66. The molecule has 48 heavy (non-hydrogen) atoms. The number of hydrogen-bond acceptors (Lipinski definition) is 8. The number of nitriles is 1. The Bertz CT molecular complexity index is 2040. The van der Waals surface area contributed by atoms with E-state index in [1.54, 1.807) is 6.07 Å². The molecular weight excluding hydrogens is 656 g/mol. The number of piperidine rings is 1. The molecule has 0 spiro atoms. The lowest BCUT2D eigenvalue weighted by Gasteiger charge is -2.33. The average Bonchev–Trinajstić information content (AvgIpc) is 3.63. The Kier molecular flexibility index (Phi) is 9.78. The van der Waals surface area contributed by atoms with E-state index in [0.717, 1.165) is 65.8 Å². The van der Waals surface area contributed by atoms with Crippen LogP contribution in [0.25, 0.3) is 21.1 Å². The Balaban J connectivity index is 1.09. The number of thiophene rings is 1. The van der Waals surface area contributed by atoms with Gasteiger partial charge in [0, 0.05) is 52.9 Å². The van der Waals surface area contributed by atoms with E-state index in [1.807, 2.05) is 24.3 Å². The maximum absolute atomic E-state index is 12.9. The highest BCUT2D eigenvalue weighted by atomic mass is 32.1. The van der Waals surface area contributed by atoms with Crippen LogP contribution >= 0.6 is 24.0 Å². The van der Waals surface area contributed by atoms with Gasteiger partial charge >= 0.3 is 6.18 Å². The quantitative estimate of drug-likeness (QED) is 0.103. The second-order valence-electron chi connectivity index (χ2n) is 12.0. The monoisotopic (exact) mass is 689 g/mol. The molecular formula is C35H34F3N7OS2. The van der Waals surface area contributed by atoms with Crippen LogP contribution in [-0.2, 0) is 30.7 Å². The van der Waals surface area contributed by atoms with E-state index in [9.17, 15) is 23.2 Å². The lowest BCUT2D eigenvalue weighted by Crippen LogP contribution is -2.39. The summed E-state index contributed by atoms with van der Waals surface area (Å²) in [5, 5.41) is 17.9. The minimum absolute atomic E-state index is 0.154. The molecule has 0 bridgehead atoms. The number of hydrogen-bond donors (Lipinski definition) is 3. The number of likely N-dealkylation sites (tertiary alicyclic amines) is 1. The van der Waals surface area contributed by atoms with E-state index in [1.165, 1.54) is 18.0 Å². The molecule has 2 N–H and O–H groups in total. The summed E-state index contributed by atoms with van der Waals surface area (Å²) < 4.78 is 40.9. The number of thiol groups is 1. The number of rotatable bonds is 10. The molecule has 1 aliphatic rings. The molecule has 248 valence electrons. The van der Waals surface area contributed by atoms with Gasteiger partial charge < -0.3 is 15.2 Å². The van der Waals surface area contributed by atoms with Crippen LogP contribution in [-0.4, -0.2) is 50.6 Å². The molecule has 6 rings (SSSR count). The van der Waals surface area contributed by atoms with E-state index in [-0.39, 0.29) is 16.8 Å². The SMILES string of the molecule is C=CC(=O)Nc1ccc(CCn2c(C#N)cc3c(C)c(CN4CCC(Nc5ncnc6sc(CC(F)(F)F)cc56)CC4)ccc32)cc1S. The molecule has 1 amide bonds. The first-order valence-electron chi connectivity index (χ1n) is 15.6. The van der Waals surface area contributed by atoms with Crippen molar-refractivity contribution < 1.29 is 18.0 Å². The minimum Gasteiger partial charge on any atom is -0.367 e. The summed E-state index contributed by atoms with van der Waals surface area (Å²) in [6.45, 7) is 8.70. The zero-order valence-electron chi connectivity index (χ0n) is 26.3. The summed E-state index contributed by atoms with van der Waals surface area (Å²) in [6.07, 6.45) is -0.185. The van der Waals surface area contributed by atoms with Crippen molar-refractivity contribution in [3.8, 4) is 6.07 Å². The van der Waals surface area contributed by atoms with Gasteiger partial charge in [0.2, 0.25) is 5.91 Å². The van der Waals surface area contributed by atoms with E-state index in [2.05, 4.69) is 74.4 Å². The van der Waals surface area contributed by atoms with Crippen molar-refractivity contribution in [3.05, 3.63) is 88.7 Å². The van der Waals surface area contributed by atoms with E-state index in [4.69, 9.17) is 0 Å². The molecule has 0 saturated carbocycles. The first-order chi connectivity index (χ1) is 23.0. The standard InChI is InChI=1S/C35H34F3N7OS2/c1-3-32(46)43-29-6-4-22(14-31(29)47)8-13-45-25(18-39)15-27-21(2)23(5-7-30(27)45)19-44-11-9-24(10-12-44)42-33-28-16-26(17-35(36,37)38)48-34(28)41-20-40-33/h3-7,14-16,20,24,47H,1,8-13,17,19H2,2H3,(H,43,46)(H,40,41,42). The van der Waals surface area contributed by atoms with Gasteiger partial charge in [0.05, 0.1) is 17.5 Å². The Morgan fingerprint density at radius 2 is 1.96 bits per heavy atom. The minimum atomic E-state index is -4.27. The summed E-state index contributed by atoms with van der Waals surface area (Å²) >= 11 is 5.58. The topological polar surface area (TPSA) is 98.9 Å². The number of amides is 1. The maximum atomic E-state index is 12.9. The molecule has 8 nitrogen and oxygen atoms in total. The van der Waals surface area contributed by atoms with Gasteiger partial charge in [-0.2, -0.15) is 18.4 Å². The molecule has 3 aromatic heterocycles. The summed E-state index contributed by atoms with van der Waals surface area (Å²) in [5.41, 5.74) is 5.64. The predicted molar refractivity (Wildman–Crippen MR) is 187 cm³/mol. The third-order valence-corrected chi connectivity index (χ3v) is 10.2. The third-order valence-electron chi connectivity index (χ3n) is 8.79. The van der Waals surface area contributed by atoms with Crippen LogP contribution in [0.5, 0.6) is 0 Å². The van der Waals surface area contributed by atoms with Gasteiger partial charge in [-0.25, -0.2) is 9.97 Å². The summed E-state index contributed by atoms with van der Waals surface area (Å²) in [4.78, 5) is 24.1. The summed E-state index contributed by atoms with van der Waals surface area (Å²) in [5.74, 6) is 0.291. The number of anilines is 2. The molecule has 0 unspecified atom stereocenters. The fraction of sp³-hybridized carbons (Fsp3) is 0.314. The van der Waals surface area contributed by atoms with Gasteiger partial charge in [0.25, 0.3) is 0 Å². The largest absolute Gasteiger partial charge is 0.393 e. The number of nitrogens with zero attached hydrogens (tertiary/aromatic N) is 5. The van der Waals surface area contributed by atoms with Gasteiger partial charge in [-0.05, 0) is 79.3 Å². The molecule has 4 heterocycles. The zero-order valence-corrected chi connectivity index (χ0v) is 28.0. The lowest BCUT2D eigenvalue weighted by atomic mass is 10.0. The highest BCUT2D eigenvalue weighted by molar-refractivity contribution is 7.80. The number of halogens is 3. The van der Waals surface area contributed by atoms with Crippen LogP contribution in [0.1, 0.15) is 40.1 Å². The number of nitrogens with one attached hydrogen (secondary N) is 2. The number of carbonyl (C=O) groups is 1. The van der Waals surface area contributed by atoms with Crippen molar-refractivity contribution in [3.63, 3.8) is 0 Å². The number of alkyl halides is 3. The van der Waals surface area contributed by atoms with Crippen molar-refractivity contribution in [1.29, 1.82) is 5.26 Å². The maximum Gasteiger partial charge on any atom is 0.393 e. The van der Waals surface area contributed by atoms with Crippen LogP contribution in [0.4, 0.5) is 24.7 Å². The van der Waals surface area contributed by atoms with Crippen molar-refractivity contribution in [1.82, 2.24) is 19.4 Å². The molecule has 1 fully saturated rings. The molecule has 13 heteroatoms. The zero-order chi connectivity index (χ0) is 34.0. The summed E-state index contributed by atoms with van der Waals surface area (Å²) in [7, 11) is 0. The van der Waals surface area contributed by atoms with Crippen LogP contribution < -0.4 is 10.6 Å². The number of carbonyl (C=O) groups excluding carboxylic acids is 1. The van der Waals surface area contributed by atoms with Crippen molar-refractivity contribution in [2.75, 3.05) is 23.7 Å². The van der Waals surface area contributed by atoms with Crippen molar-refractivity contribution in [2.24, 2.45) is 0 Å². The van der Waals surface area contributed by atoms with Gasteiger partial charge in [-0.1, -0.05) is 18.7 Å². The normalized spacial score (nSPS) is 14.3. The number of benzene rings is 2. The Morgan fingerprint density at radius 3 is 2.67 bits per heavy atom. The van der Waals surface area contributed by atoms with Gasteiger partial charge in [-0.15, -0.1) is 24.0 Å². The Morgan fingerprint density at radius 1 is 1.17 bits per heavy atom. The number of fused-ring (bicyclic) bond motifs is 2. The van der Waals surface area contributed by atoms with Gasteiger partial charge in [-0.3, -0.25) is 9.69 Å². The molecule has 1 aliphatic heterocycles. The molecule has 2 aromatic carbocycles. The van der Waals surface area contributed by atoms with Crippen LogP contribution in [0.2, 0.25) is 0 Å². The first-order valence-corrected chi connectivity index (χ1v) is 16.8. The number of aryl methyl sites for hydroxylation is 3. The highest BCUT2D eigenvalue weighted by Crippen LogP contribution is 2.34. The van der Waals surface area contributed by atoms with Crippen molar-refractivity contribution >= 4 is 62.5 Å². The first kappa shape index (κ1) is 33.5. The molecule has 1 saturated heterocycles. The second kappa shape index (κ2) is 14.0. The van der Waals surface area contributed by atoms with Crippen LogP contribution in [0, 0.1) is 18.3 Å². The van der Waals surface area contributed by atoms with Gasteiger partial charge in [0.1, 0.15) is 28.7 Å². The second-order valence-corrected chi connectivity index (χ2v) is 13.6. The van der Waals surface area contributed by atoms with Gasteiger partial charge in [0.15, 0.2) is 0 Å². The summed E-state index contributed by atoms with van der Waals surface area (Å²) in [6, 6.07) is 16.0. The molecule has 0 aliphatic carbocycles. The van der Waals surface area contributed by atoms with E-state index in [0.29, 0.717) is 45.3 Å². The Labute approximate surface area is 285 Å². The fourth-order valence-electron chi connectivity index (χ4n) is 6.26. The smallest absolute Gasteiger partial charge is 0.367 e. The third kappa shape index (κ3) is 7.51. The molecule has 0 radical (unpaired) electrons. The molecule has 5 aromatic rings. The van der Waals surface area contributed by atoms with Crippen LogP contribution in [0.15, 0.2) is 66.3 Å². The number of aromatic nitrogens is 3. The molecule has 0 atom stereocenters. The van der Waals surface area contributed by atoms with Crippen molar-refractivity contribution in [2.45, 2.75) is 62.8 Å². The Hall–Kier alpha value is -4.38. The van der Waals surface area contributed by atoms with Crippen LogP contribution in [0.3, 0.4) is 0 Å². The van der Waals surface area contributed by atoms with E-state index < -0.39 is 12.6 Å². The van der Waals surface area contributed by atoms with E-state index >= 15 is 0 Å². The lowest BCUT2D eigenvalue weighted by molar-refractivity contribution is -0.126. The highest BCUT2D eigenvalue weighted by Gasteiger charge is 2.29.